The third kappa shape index (κ3) is 2.80. The zero-order valence-corrected chi connectivity index (χ0v) is 8.91. The molecule has 1 heterocycles. The summed E-state index contributed by atoms with van der Waals surface area (Å²) in [6.07, 6.45) is 2.94. The molecule has 1 aromatic rings. The van der Waals surface area contributed by atoms with Gasteiger partial charge in [-0.05, 0) is 12.5 Å². The van der Waals surface area contributed by atoms with Gasteiger partial charge in [-0.25, -0.2) is 8.42 Å². The molecular weight excluding hydrogens is 220 g/mol. The number of aromatic nitrogens is 1. The molecule has 0 radical (unpaired) electrons. The van der Waals surface area contributed by atoms with E-state index in [4.69, 9.17) is 5.11 Å². The molecule has 0 saturated carbocycles. The van der Waals surface area contributed by atoms with Crippen molar-refractivity contribution in [1.82, 2.24) is 9.71 Å². The number of carboxylic acids is 1. The lowest BCUT2D eigenvalue weighted by molar-refractivity contribution is -0.139. The van der Waals surface area contributed by atoms with Crippen molar-refractivity contribution < 1.29 is 18.3 Å². The number of nitrogens with one attached hydrogen (secondary N) is 2. The first-order valence-corrected chi connectivity index (χ1v) is 5.83. The van der Waals surface area contributed by atoms with E-state index in [1.807, 2.05) is 0 Å². The van der Waals surface area contributed by atoms with Crippen LogP contribution in [0.25, 0.3) is 0 Å². The number of H-pyrrole nitrogens is 1. The second kappa shape index (κ2) is 4.45. The van der Waals surface area contributed by atoms with Crippen molar-refractivity contribution in [1.29, 1.82) is 0 Å². The highest BCUT2D eigenvalue weighted by molar-refractivity contribution is 7.89. The van der Waals surface area contributed by atoms with E-state index in [9.17, 15) is 13.2 Å². The molecule has 0 bridgehead atoms. The monoisotopic (exact) mass is 232 g/mol. The molecule has 0 fully saturated rings. The maximum absolute atomic E-state index is 11.6. The number of carbonyl (C=O) groups is 1. The highest BCUT2D eigenvalue weighted by atomic mass is 32.2. The summed E-state index contributed by atoms with van der Waals surface area (Å²) in [5.41, 5.74) is 0. The summed E-state index contributed by atoms with van der Waals surface area (Å²) >= 11 is 0. The largest absolute Gasteiger partial charge is 0.480 e. The fraction of sp³-hybridized carbons (Fsp3) is 0.375. The number of rotatable bonds is 5. The Labute approximate surface area is 87.4 Å². The Kier molecular flexibility index (Phi) is 3.48. The van der Waals surface area contributed by atoms with E-state index < -0.39 is 22.0 Å². The van der Waals surface area contributed by atoms with Gasteiger partial charge in [0.15, 0.2) is 0 Å². The van der Waals surface area contributed by atoms with Gasteiger partial charge in [0.1, 0.15) is 6.04 Å². The van der Waals surface area contributed by atoms with E-state index in [0.717, 1.165) is 0 Å². The summed E-state index contributed by atoms with van der Waals surface area (Å²) in [6, 6.07) is 0.265. The van der Waals surface area contributed by atoms with Crippen LogP contribution >= 0.6 is 0 Å². The Morgan fingerprint density at radius 2 is 2.33 bits per heavy atom. The standard InChI is InChI=1S/C8H12N2O4S/c1-2-7(8(11)12)10-15(13,14)6-3-4-9-5-6/h3-5,7,9-10H,2H2,1H3,(H,11,12)/t7-/m1/s1. The summed E-state index contributed by atoms with van der Waals surface area (Å²) in [6.45, 7) is 1.60. The summed E-state index contributed by atoms with van der Waals surface area (Å²) in [5.74, 6) is -1.18. The zero-order valence-electron chi connectivity index (χ0n) is 8.10. The quantitative estimate of drug-likeness (QED) is 0.673. The highest BCUT2D eigenvalue weighted by Crippen LogP contribution is 2.08. The average molecular weight is 232 g/mol. The predicted molar refractivity (Wildman–Crippen MR) is 52.8 cm³/mol. The minimum Gasteiger partial charge on any atom is -0.480 e. The second-order valence-corrected chi connectivity index (χ2v) is 4.68. The molecule has 1 aromatic heterocycles. The van der Waals surface area contributed by atoms with Gasteiger partial charge in [0.25, 0.3) is 0 Å². The molecule has 0 aliphatic carbocycles. The minimum atomic E-state index is -3.74. The number of aromatic amines is 1. The molecule has 7 heteroatoms. The van der Waals surface area contributed by atoms with Crippen LogP contribution in [0.1, 0.15) is 13.3 Å². The summed E-state index contributed by atoms with van der Waals surface area (Å²) in [4.78, 5) is 13.3. The Morgan fingerprint density at radius 3 is 2.73 bits per heavy atom. The van der Waals surface area contributed by atoms with Crippen LogP contribution in [-0.4, -0.2) is 30.5 Å². The molecule has 84 valence electrons. The number of sulfonamides is 1. The first-order valence-electron chi connectivity index (χ1n) is 4.35. The van der Waals surface area contributed by atoms with E-state index in [0.29, 0.717) is 0 Å². The van der Waals surface area contributed by atoms with Crippen LogP contribution in [0, 0.1) is 0 Å². The molecular formula is C8H12N2O4S. The first-order chi connectivity index (χ1) is 6.97. The topological polar surface area (TPSA) is 99.3 Å². The maximum atomic E-state index is 11.6. The molecule has 0 saturated heterocycles. The molecule has 3 N–H and O–H groups in total. The van der Waals surface area contributed by atoms with Crippen LogP contribution < -0.4 is 4.72 Å². The van der Waals surface area contributed by atoms with Crippen molar-refractivity contribution >= 4 is 16.0 Å². The minimum absolute atomic E-state index is 0.0298. The normalized spacial score (nSPS) is 13.7. The molecule has 0 aromatic carbocycles. The van der Waals surface area contributed by atoms with Crippen LogP contribution in [0.15, 0.2) is 23.4 Å². The van der Waals surface area contributed by atoms with E-state index >= 15 is 0 Å². The molecule has 0 spiro atoms. The van der Waals surface area contributed by atoms with Gasteiger partial charge in [0.2, 0.25) is 10.0 Å². The van der Waals surface area contributed by atoms with Crippen molar-refractivity contribution in [3.8, 4) is 0 Å². The number of hydrogen-bond acceptors (Lipinski definition) is 3. The fourth-order valence-electron chi connectivity index (χ4n) is 1.04. The van der Waals surface area contributed by atoms with Crippen molar-refractivity contribution in [3.05, 3.63) is 18.5 Å². The highest BCUT2D eigenvalue weighted by Gasteiger charge is 2.23. The lowest BCUT2D eigenvalue weighted by Gasteiger charge is -2.11. The molecule has 0 aliphatic heterocycles. The number of aliphatic carboxylic acids is 1. The Hall–Kier alpha value is -1.34. The summed E-state index contributed by atoms with van der Waals surface area (Å²) < 4.78 is 25.2. The summed E-state index contributed by atoms with van der Waals surface area (Å²) in [7, 11) is -3.74. The van der Waals surface area contributed by atoms with Crippen LogP contribution in [0.2, 0.25) is 0 Å². The molecule has 0 amide bonds. The maximum Gasteiger partial charge on any atom is 0.321 e. The number of hydrogen-bond donors (Lipinski definition) is 3. The van der Waals surface area contributed by atoms with E-state index in [1.54, 1.807) is 6.92 Å². The van der Waals surface area contributed by atoms with Gasteiger partial charge in [0.05, 0.1) is 4.90 Å². The molecule has 0 aliphatic rings. The van der Waals surface area contributed by atoms with Crippen molar-refractivity contribution in [2.24, 2.45) is 0 Å². The second-order valence-electron chi connectivity index (χ2n) is 2.97. The van der Waals surface area contributed by atoms with Crippen LogP contribution in [-0.2, 0) is 14.8 Å². The van der Waals surface area contributed by atoms with Crippen LogP contribution in [0.4, 0.5) is 0 Å². The van der Waals surface area contributed by atoms with Crippen molar-refractivity contribution in [2.45, 2.75) is 24.3 Å². The fourth-order valence-corrected chi connectivity index (χ4v) is 2.29. The Bertz CT molecular complexity index is 424. The Balaban J connectivity index is 2.86. The third-order valence-corrected chi connectivity index (χ3v) is 3.35. The van der Waals surface area contributed by atoms with Gasteiger partial charge in [-0.15, -0.1) is 0 Å². The van der Waals surface area contributed by atoms with Gasteiger partial charge in [0, 0.05) is 12.4 Å². The molecule has 6 nitrogen and oxygen atoms in total. The van der Waals surface area contributed by atoms with Crippen LogP contribution in [0.3, 0.4) is 0 Å². The van der Waals surface area contributed by atoms with Crippen molar-refractivity contribution in [2.75, 3.05) is 0 Å². The zero-order chi connectivity index (χ0) is 11.5. The lowest BCUT2D eigenvalue weighted by Crippen LogP contribution is -2.40. The number of carboxylic acid groups (broad SMARTS) is 1. The first kappa shape index (κ1) is 11.7. The lowest BCUT2D eigenvalue weighted by atomic mass is 10.2. The van der Waals surface area contributed by atoms with E-state index in [2.05, 4.69) is 9.71 Å². The van der Waals surface area contributed by atoms with Gasteiger partial charge < -0.3 is 10.1 Å². The van der Waals surface area contributed by atoms with Crippen LogP contribution in [0.5, 0.6) is 0 Å². The molecule has 0 unspecified atom stereocenters. The van der Waals surface area contributed by atoms with E-state index in [1.165, 1.54) is 18.5 Å². The van der Waals surface area contributed by atoms with Gasteiger partial charge in [-0.3, -0.25) is 4.79 Å². The Morgan fingerprint density at radius 1 is 1.67 bits per heavy atom. The molecule has 15 heavy (non-hydrogen) atoms. The van der Waals surface area contributed by atoms with Gasteiger partial charge in [-0.2, -0.15) is 4.72 Å². The van der Waals surface area contributed by atoms with Crippen molar-refractivity contribution in [3.63, 3.8) is 0 Å². The van der Waals surface area contributed by atoms with E-state index in [-0.39, 0.29) is 11.3 Å². The average Bonchev–Trinajstić information content (AvgIpc) is 2.67. The van der Waals surface area contributed by atoms with Gasteiger partial charge >= 0.3 is 5.97 Å². The smallest absolute Gasteiger partial charge is 0.321 e. The third-order valence-electron chi connectivity index (χ3n) is 1.88. The molecule has 1 rings (SSSR count). The molecule has 1 atom stereocenters. The van der Waals surface area contributed by atoms with Gasteiger partial charge in [-0.1, -0.05) is 6.92 Å². The predicted octanol–water partition coefficient (Wildman–Crippen LogP) is 0.156. The summed E-state index contributed by atoms with van der Waals surface area (Å²) in [5, 5.41) is 8.70. The SMILES string of the molecule is CC[C@@H](NS(=O)(=O)c1cc[nH]c1)C(=O)O.